The lowest BCUT2D eigenvalue weighted by molar-refractivity contribution is 0.0964. The molecule has 0 aliphatic rings. The van der Waals surface area contributed by atoms with Gasteiger partial charge in [0.15, 0.2) is 11.4 Å². The Balaban J connectivity index is 1.53. The Labute approximate surface area is 256 Å². The molecule has 0 aliphatic heterocycles. The summed E-state index contributed by atoms with van der Waals surface area (Å²) < 4.78 is 59.5. The van der Waals surface area contributed by atoms with Gasteiger partial charge in [-0.25, -0.2) is 17.8 Å². The van der Waals surface area contributed by atoms with E-state index in [9.17, 15) is 17.6 Å². The predicted octanol–water partition coefficient (Wildman–Crippen LogP) is 7.52. The summed E-state index contributed by atoms with van der Waals surface area (Å²) in [6, 6.07) is 20.7. The first-order valence-corrected chi connectivity index (χ1v) is 15.8. The van der Waals surface area contributed by atoms with Crippen LogP contribution in [0.3, 0.4) is 0 Å². The number of halogens is 1. The van der Waals surface area contributed by atoms with Gasteiger partial charge in [-0.05, 0) is 48.9 Å². The number of hydrogen-bond acceptors (Lipinski definition) is 7. The van der Waals surface area contributed by atoms with Crippen molar-refractivity contribution in [2.75, 3.05) is 24.7 Å². The van der Waals surface area contributed by atoms with Crippen molar-refractivity contribution >= 4 is 54.7 Å². The standard InChI is InChI=1S/C34H26FN3O6S/c1-18-8-10-19(11-9-18)32-29(33(39)36-2)23-16-22(26(17-28(23)43-32)38(3)45(4,40)41)21-14-20-12-13-42-31(20)24(15-21)34-37-30-25(35)6-5-7-27(30)44-34/h5-17H,1-4H3,(H,36,39). The first kappa shape index (κ1) is 28.4. The SMILES string of the molecule is CNC(=O)c1c(-c2ccc(C)cc2)oc2cc(N(C)S(C)(=O)=O)c(-c3cc(-c4nc5c(F)cccc5o4)c4occc4c3)cc12. The Hall–Kier alpha value is -5.42. The van der Waals surface area contributed by atoms with Crippen molar-refractivity contribution in [3.63, 3.8) is 0 Å². The number of hydrogen-bond donors (Lipinski definition) is 1. The number of anilines is 1. The van der Waals surface area contributed by atoms with Gasteiger partial charge in [-0.1, -0.05) is 35.9 Å². The van der Waals surface area contributed by atoms with Gasteiger partial charge in [0.05, 0.1) is 29.3 Å². The maximum Gasteiger partial charge on any atom is 0.255 e. The van der Waals surface area contributed by atoms with Crippen LogP contribution in [0.2, 0.25) is 0 Å². The molecule has 4 aromatic carbocycles. The van der Waals surface area contributed by atoms with E-state index in [0.29, 0.717) is 61.2 Å². The number of furan rings is 2. The molecule has 7 rings (SSSR count). The molecule has 0 radical (unpaired) electrons. The van der Waals surface area contributed by atoms with E-state index >= 15 is 0 Å². The highest BCUT2D eigenvalue weighted by atomic mass is 32.2. The van der Waals surface area contributed by atoms with Gasteiger partial charge in [0.1, 0.15) is 22.4 Å². The van der Waals surface area contributed by atoms with E-state index in [1.54, 1.807) is 30.3 Å². The van der Waals surface area contributed by atoms with Crippen molar-refractivity contribution in [2.45, 2.75) is 6.92 Å². The van der Waals surface area contributed by atoms with Crippen molar-refractivity contribution < 1.29 is 30.9 Å². The van der Waals surface area contributed by atoms with E-state index < -0.39 is 15.8 Å². The third kappa shape index (κ3) is 4.72. The number of rotatable bonds is 6. The number of fused-ring (bicyclic) bond motifs is 3. The molecule has 11 heteroatoms. The van der Waals surface area contributed by atoms with Gasteiger partial charge in [-0.15, -0.1) is 0 Å². The lowest BCUT2D eigenvalue weighted by Crippen LogP contribution is -2.25. The number of nitrogens with zero attached hydrogens (tertiary/aromatic N) is 2. The van der Waals surface area contributed by atoms with Crippen LogP contribution in [0.1, 0.15) is 15.9 Å². The van der Waals surface area contributed by atoms with E-state index in [1.807, 2.05) is 37.3 Å². The average molecular weight is 624 g/mol. The number of oxazole rings is 1. The largest absolute Gasteiger partial charge is 0.464 e. The number of benzene rings is 4. The predicted molar refractivity (Wildman–Crippen MR) is 171 cm³/mol. The minimum absolute atomic E-state index is 0.0776. The van der Waals surface area contributed by atoms with Crippen LogP contribution < -0.4 is 9.62 Å². The van der Waals surface area contributed by atoms with Gasteiger partial charge in [-0.3, -0.25) is 9.10 Å². The summed E-state index contributed by atoms with van der Waals surface area (Å²) in [5, 5.41) is 3.87. The molecule has 0 unspecified atom stereocenters. The smallest absolute Gasteiger partial charge is 0.255 e. The summed E-state index contributed by atoms with van der Waals surface area (Å²) in [5.41, 5.74) is 5.01. The van der Waals surface area contributed by atoms with E-state index in [0.717, 1.165) is 16.1 Å². The maximum absolute atomic E-state index is 14.5. The topological polar surface area (TPSA) is 119 Å². The molecule has 3 heterocycles. The molecule has 0 spiro atoms. The lowest BCUT2D eigenvalue weighted by atomic mass is 9.96. The molecule has 9 nitrogen and oxygen atoms in total. The third-order valence-corrected chi connectivity index (χ3v) is 9.06. The summed E-state index contributed by atoms with van der Waals surface area (Å²) in [4.78, 5) is 17.7. The fraction of sp³-hybridized carbons (Fsp3) is 0.118. The van der Waals surface area contributed by atoms with Gasteiger partial charge in [0.25, 0.3) is 5.91 Å². The number of carbonyl (C=O) groups is 1. The molecule has 1 N–H and O–H groups in total. The van der Waals surface area contributed by atoms with Crippen molar-refractivity contribution in [1.29, 1.82) is 0 Å². The molecule has 0 fully saturated rings. The Morgan fingerprint density at radius 1 is 0.933 bits per heavy atom. The average Bonchev–Trinajstić information content (AvgIpc) is 3.76. The molecule has 0 bridgehead atoms. The molecule has 0 saturated carbocycles. The number of aryl methyl sites for hydroxylation is 1. The van der Waals surface area contributed by atoms with Crippen molar-refractivity contribution in [1.82, 2.24) is 10.3 Å². The van der Waals surface area contributed by atoms with Crippen LogP contribution >= 0.6 is 0 Å². The monoisotopic (exact) mass is 623 g/mol. The fourth-order valence-electron chi connectivity index (χ4n) is 5.49. The van der Waals surface area contributed by atoms with E-state index in [1.165, 1.54) is 32.5 Å². The van der Waals surface area contributed by atoms with Gasteiger partial charge < -0.3 is 18.6 Å². The lowest BCUT2D eigenvalue weighted by Gasteiger charge is -2.21. The van der Waals surface area contributed by atoms with Crippen LogP contribution in [0.25, 0.3) is 66.9 Å². The van der Waals surface area contributed by atoms with Gasteiger partial charge in [-0.2, -0.15) is 0 Å². The molecule has 0 saturated heterocycles. The summed E-state index contributed by atoms with van der Waals surface area (Å²) in [6.07, 6.45) is 2.62. The summed E-state index contributed by atoms with van der Waals surface area (Å²) >= 11 is 0. The zero-order valence-electron chi connectivity index (χ0n) is 24.6. The van der Waals surface area contributed by atoms with E-state index in [4.69, 9.17) is 13.3 Å². The van der Waals surface area contributed by atoms with Crippen LogP contribution in [0.5, 0.6) is 0 Å². The van der Waals surface area contributed by atoms with Crippen molar-refractivity contribution in [2.24, 2.45) is 0 Å². The van der Waals surface area contributed by atoms with Crippen LogP contribution in [-0.4, -0.2) is 39.7 Å². The number of nitrogens with one attached hydrogen (secondary N) is 1. The third-order valence-electron chi connectivity index (χ3n) is 7.87. The second kappa shape index (κ2) is 10.3. The zero-order valence-corrected chi connectivity index (χ0v) is 25.5. The highest BCUT2D eigenvalue weighted by molar-refractivity contribution is 7.92. The Kier molecular flexibility index (Phi) is 6.52. The maximum atomic E-state index is 14.5. The van der Waals surface area contributed by atoms with Gasteiger partial charge in [0.2, 0.25) is 15.9 Å². The molecule has 3 aromatic heterocycles. The molecule has 1 amide bonds. The number of carbonyl (C=O) groups excluding carboxylic acids is 1. The van der Waals surface area contributed by atoms with Crippen molar-refractivity contribution in [3.05, 3.63) is 96.0 Å². The highest BCUT2D eigenvalue weighted by Gasteiger charge is 2.27. The fourth-order valence-corrected chi connectivity index (χ4v) is 6.00. The van der Waals surface area contributed by atoms with Crippen LogP contribution in [0.15, 0.2) is 92.3 Å². The van der Waals surface area contributed by atoms with Crippen LogP contribution in [0, 0.1) is 12.7 Å². The first-order chi connectivity index (χ1) is 21.5. The number of aromatic nitrogens is 1. The summed E-state index contributed by atoms with van der Waals surface area (Å²) in [5.74, 6) is -0.400. The van der Waals surface area contributed by atoms with E-state index in [2.05, 4.69) is 10.3 Å². The second-order valence-electron chi connectivity index (χ2n) is 10.8. The molecule has 45 heavy (non-hydrogen) atoms. The minimum Gasteiger partial charge on any atom is -0.464 e. The Morgan fingerprint density at radius 2 is 1.71 bits per heavy atom. The van der Waals surface area contributed by atoms with Crippen LogP contribution in [0.4, 0.5) is 10.1 Å². The molecular formula is C34H26FN3O6S. The number of sulfonamides is 1. The van der Waals surface area contributed by atoms with E-state index in [-0.39, 0.29) is 22.9 Å². The number of amides is 1. The Bertz CT molecular complexity index is 2400. The molecule has 226 valence electrons. The molecular weight excluding hydrogens is 597 g/mol. The van der Waals surface area contributed by atoms with Crippen LogP contribution in [-0.2, 0) is 10.0 Å². The highest BCUT2D eigenvalue weighted by Crippen LogP contribution is 2.44. The molecule has 7 aromatic rings. The minimum atomic E-state index is -3.73. The quantitative estimate of drug-likeness (QED) is 0.203. The summed E-state index contributed by atoms with van der Waals surface area (Å²) in [6.45, 7) is 1.96. The molecule has 0 aliphatic carbocycles. The zero-order chi connectivity index (χ0) is 31.6. The number of para-hydroxylation sites is 1. The first-order valence-electron chi connectivity index (χ1n) is 13.9. The Morgan fingerprint density at radius 3 is 2.42 bits per heavy atom. The summed E-state index contributed by atoms with van der Waals surface area (Å²) in [7, 11) is -0.745. The molecule has 0 atom stereocenters. The van der Waals surface area contributed by atoms with Gasteiger partial charge >= 0.3 is 0 Å². The normalized spacial score (nSPS) is 11.9. The van der Waals surface area contributed by atoms with Crippen molar-refractivity contribution in [3.8, 4) is 33.9 Å². The second-order valence-corrected chi connectivity index (χ2v) is 12.8. The van der Waals surface area contributed by atoms with Gasteiger partial charge in [0, 0.05) is 42.1 Å².